The second-order valence-corrected chi connectivity index (χ2v) is 4.62. The van der Waals surface area contributed by atoms with Gasteiger partial charge >= 0.3 is 0 Å². The monoisotopic (exact) mass is 266 g/mol. The van der Waals surface area contributed by atoms with E-state index in [9.17, 15) is 10.1 Å². The Balaban J connectivity index is 2.00. The number of nitro groups is 1. The summed E-state index contributed by atoms with van der Waals surface area (Å²) in [6.07, 6.45) is 2.30. The molecule has 1 aromatic carbocycles. The van der Waals surface area contributed by atoms with E-state index in [0.717, 1.165) is 25.9 Å². The summed E-state index contributed by atoms with van der Waals surface area (Å²) >= 11 is 0. The molecule has 1 N–H and O–H groups in total. The Morgan fingerprint density at radius 3 is 2.95 bits per heavy atom. The summed E-state index contributed by atoms with van der Waals surface area (Å²) in [5, 5.41) is 14.0. The SMILES string of the molecule is COc1cc([N+](=O)[O-])ccc1OCC1CCCNC1. The summed E-state index contributed by atoms with van der Waals surface area (Å²) in [6, 6.07) is 4.40. The molecular formula is C13H18N2O4. The van der Waals surface area contributed by atoms with E-state index in [2.05, 4.69) is 5.32 Å². The van der Waals surface area contributed by atoms with Crippen molar-refractivity contribution in [3.63, 3.8) is 0 Å². The summed E-state index contributed by atoms with van der Waals surface area (Å²) in [4.78, 5) is 10.2. The van der Waals surface area contributed by atoms with Crippen molar-refractivity contribution in [3.8, 4) is 11.5 Å². The highest BCUT2D eigenvalue weighted by molar-refractivity contribution is 5.48. The van der Waals surface area contributed by atoms with Crippen LogP contribution in [0.1, 0.15) is 12.8 Å². The van der Waals surface area contributed by atoms with Crippen LogP contribution in [0, 0.1) is 16.0 Å². The van der Waals surface area contributed by atoms with Gasteiger partial charge in [0.15, 0.2) is 11.5 Å². The predicted molar refractivity (Wildman–Crippen MR) is 70.7 cm³/mol. The molecule has 0 bridgehead atoms. The van der Waals surface area contributed by atoms with Crippen LogP contribution in [0.4, 0.5) is 5.69 Å². The van der Waals surface area contributed by atoms with Crippen LogP contribution in [0.5, 0.6) is 11.5 Å². The number of hydrogen-bond donors (Lipinski definition) is 1. The third-order valence-electron chi connectivity index (χ3n) is 3.23. The van der Waals surface area contributed by atoms with E-state index in [1.54, 1.807) is 6.07 Å². The number of methoxy groups -OCH3 is 1. The lowest BCUT2D eigenvalue weighted by molar-refractivity contribution is -0.385. The molecule has 1 aromatic rings. The molecule has 6 heteroatoms. The zero-order valence-corrected chi connectivity index (χ0v) is 10.9. The minimum absolute atomic E-state index is 0.00327. The third kappa shape index (κ3) is 3.57. The first-order valence-electron chi connectivity index (χ1n) is 6.36. The van der Waals surface area contributed by atoms with Gasteiger partial charge in [-0.3, -0.25) is 10.1 Å². The normalized spacial score (nSPS) is 18.9. The van der Waals surface area contributed by atoms with Crippen LogP contribution >= 0.6 is 0 Å². The smallest absolute Gasteiger partial charge is 0.273 e. The minimum Gasteiger partial charge on any atom is -0.493 e. The molecule has 0 aromatic heterocycles. The number of non-ortho nitro benzene ring substituents is 1. The Morgan fingerprint density at radius 1 is 1.47 bits per heavy atom. The van der Waals surface area contributed by atoms with Gasteiger partial charge in [0, 0.05) is 18.5 Å². The molecule has 1 saturated heterocycles. The maximum absolute atomic E-state index is 10.7. The van der Waals surface area contributed by atoms with Gasteiger partial charge in [-0.2, -0.15) is 0 Å². The number of hydrogen-bond acceptors (Lipinski definition) is 5. The standard InChI is InChI=1S/C13H18N2O4/c1-18-13-7-11(15(16)17)4-5-12(13)19-9-10-3-2-6-14-8-10/h4-5,7,10,14H,2-3,6,8-9H2,1H3. The largest absolute Gasteiger partial charge is 0.493 e. The third-order valence-corrected chi connectivity index (χ3v) is 3.23. The molecule has 0 spiro atoms. The number of nitro benzene ring substituents is 1. The van der Waals surface area contributed by atoms with Crippen molar-refractivity contribution in [2.75, 3.05) is 26.8 Å². The van der Waals surface area contributed by atoms with Gasteiger partial charge in [-0.05, 0) is 25.5 Å². The summed E-state index contributed by atoms with van der Waals surface area (Å²) in [6.45, 7) is 2.62. The number of benzene rings is 1. The number of nitrogens with one attached hydrogen (secondary N) is 1. The zero-order valence-electron chi connectivity index (χ0n) is 10.9. The molecule has 104 valence electrons. The molecule has 1 aliphatic heterocycles. The van der Waals surface area contributed by atoms with Gasteiger partial charge in [0.25, 0.3) is 5.69 Å². The highest BCUT2D eigenvalue weighted by Gasteiger charge is 2.16. The molecule has 0 saturated carbocycles. The fraction of sp³-hybridized carbons (Fsp3) is 0.538. The fourth-order valence-corrected chi connectivity index (χ4v) is 2.16. The van der Waals surface area contributed by atoms with E-state index in [-0.39, 0.29) is 5.69 Å². The Labute approximate surface area is 111 Å². The molecule has 1 fully saturated rings. The van der Waals surface area contributed by atoms with Crippen LogP contribution in [-0.2, 0) is 0 Å². The van der Waals surface area contributed by atoms with Gasteiger partial charge in [0.2, 0.25) is 0 Å². The molecule has 19 heavy (non-hydrogen) atoms. The summed E-state index contributed by atoms with van der Waals surface area (Å²) < 4.78 is 10.8. The number of piperidine rings is 1. The lowest BCUT2D eigenvalue weighted by Gasteiger charge is -2.23. The van der Waals surface area contributed by atoms with Gasteiger partial charge in [-0.25, -0.2) is 0 Å². The van der Waals surface area contributed by atoms with Gasteiger partial charge in [0.05, 0.1) is 24.7 Å². The molecule has 1 atom stereocenters. The fourth-order valence-electron chi connectivity index (χ4n) is 2.16. The average Bonchev–Trinajstić information content (AvgIpc) is 2.45. The quantitative estimate of drug-likeness (QED) is 0.651. The van der Waals surface area contributed by atoms with Gasteiger partial charge in [0.1, 0.15) is 0 Å². The molecule has 2 rings (SSSR count). The first-order valence-corrected chi connectivity index (χ1v) is 6.36. The maximum Gasteiger partial charge on any atom is 0.273 e. The Bertz CT molecular complexity index is 444. The average molecular weight is 266 g/mol. The van der Waals surface area contributed by atoms with Crippen molar-refractivity contribution < 1.29 is 14.4 Å². The zero-order chi connectivity index (χ0) is 13.7. The molecule has 6 nitrogen and oxygen atoms in total. The van der Waals surface area contributed by atoms with E-state index in [0.29, 0.717) is 24.0 Å². The second-order valence-electron chi connectivity index (χ2n) is 4.62. The van der Waals surface area contributed by atoms with E-state index in [1.807, 2.05) is 0 Å². The molecule has 1 unspecified atom stereocenters. The highest BCUT2D eigenvalue weighted by Crippen LogP contribution is 2.31. The molecule has 1 heterocycles. The lowest BCUT2D eigenvalue weighted by atomic mass is 10.0. The number of nitrogens with zero attached hydrogens (tertiary/aromatic N) is 1. The van der Waals surface area contributed by atoms with Crippen LogP contribution in [0.2, 0.25) is 0 Å². The Hall–Kier alpha value is -1.82. The van der Waals surface area contributed by atoms with Crippen molar-refractivity contribution in [2.24, 2.45) is 5.92 Å². The van der Waals surface area contributed by atoms with Crippen molar-refractivity contribution in [1.29, 1.82) is 0 Å². The minimum atomic E-state index is -0.447. The topological polar surface area (TPSA) is 73.6 Å². The van der Waals surface area contributed by atoms with Gasteiger partial charge < -0.3 is 14.8 Å². The summed E-state index contributed by atoms with van der Waals surface area (Å²) in [5.74, 6) is 1.44. The molecule has 0 radical (unpaired) electrons. The summed E-state index contributed by atoms with van der Waals surface area (Å²) in [5.41, 5.74) is 0.00327. The first kappa shape index (κ1) is 13.6. The molecule has 0 amide bonds. The van der Waals surface area contributed by atoms with Gasteiger partial charge in [-0.15, -0.1) is 0 Å². The van der Waals surface area contributed by atoms with Crippen molar-refractivity contribution in [3.05, 3.63) is 28.3 Å². The highest BCUT2D eigenvalue weighted by atomic mass is 16.6. The predicted octanol–water partition coefficient (Wildman–Crippen LogP) is 1.98. The Morgan fingerprint density at radius 2 is 2.32 bits per heavy atom. The molecule has 0 aliphatic carbocycles. The van der Waals surface area contributed by atoms with E-state index < -0.39 is 4.92 Å². The number of rotatable bonds is 5. The Kier molecular flexibility index (Phi) is 4.57. The number of ether oxygens (including phenoxy) is 2. The first-order chi connectivity index (χ1) is 9.20. The molecular weight excluding hydrogens is 248 g/mol. The van der Waals surface area contributed by atoms with Crippen molar-refractivity contribution in [1.82, 2.24) is 5.32 Å². The maximum atomic E-state index is 10.7. The van der Waals surface area contributed by atoms with Crippen LogP contribution in [-0.4, -0.2) is 31.7 Å². The van der Waals surface area contributed by atoms with Crippen LogP contribution < -0.4 is 14.8 Å². The van der Waals surface area contributed by atoms with E-state index >= 15 is 0 Å². The van der Waals surface area contributed by atoms with E-state index in [4.69, 9.17) is 9.47 Å². The van der Waals surface area contributed by atoms with Crippen LogP contribution in [0.25, 0.3) is 0 Å². The van der Waals surface area contributed by atoms with Crippen molar-refractivity contribution in [2.45, 2.75) is 12.8 Å². The lowest BCUT2D eigenvalue weighted by Crippen LogP contribution is -2.33. The van der Waals surface area contributed by atoms with Gasteiger partial charge in [-0.1, -0.05) is 0 Å². The van der Waals surface area contributed by atoms with Crippen molar-refractivity contribution >= 4 is 5.69 Å². The van der Waals surface area contributed by atoms with Crippen LogP contribution in [0.3, 0.4) is 0 Å². The summed E-state index contributed by atoms with van der Waals surface area (Å²) in [7, 11) is 1.48. The second kappa shape index (κ2) is 6.38. The molecule has 1 aliphatic rings. The van der Waals surface area contributed by atoms with Crippen LogP contribution in [0.15, 0.2) is 18.2 Å². The van der Waals surface area contributed by atoms with E-state index in [1.165, 1.54) is 19.2 Å².